The molecule has 0 aromatic heterocycles. The van der Waals surface area contributed by atoms with Crippen LogP contribution in [0.25, 0.3) is 0 Å². The van der Waals surface area contributed by atoms with Crippen LogP contribution in [0.1, 0.15) is 12.5 Å². The Kier molecular flexibility index (Phi) is 4.10. The van der Waals surface area contributed by atoms with Gasteiger partial charge in [0.2, 0.25) is 0 Å². The van der Waals surface area contributed by atoms with Gasteiger partial charge < -0.3 is 9.80 Å². The fourth-order valence-electron chi connectivity index (χ4n) is 2.21. The van der Waals surface area contributed by atoms with Crippen molar-refractivity contribution in [3.05, 3.63) is 28.8 Å². The molecule has 0 bridgehead atoms. The number of rotatable bonds is 2. The van der Waals surface area contributed by atoms with Crippen LogP contribution in [0.3, 0.4) is 0 Å². The van der Waals surface area contributed by atoms with E-state index in [1.54, 1.807) is 0 Å². The summed E-state index contributed by atoms with van der Waals surface area (Å²) in [6.07, 6.45) is 0. The Morgan fingerprint density at radius 1 is 1.33 bits per heavy atom. The number of benzene rings is 1. The average Bonchev–Trinajstić information content (AvgIpc) is 2.32. The standard InChI is InChI=1S/C13H18ClN3S/c1-4-16-8-15(3)9-17(13(16)18)12-6-5-11(14)7-10(12)2/h5-7H,4,8-9H2,1-3H3. The first-order chi connectivity index (χ1) is 8.52. The first-order valence-corrected chi connectivity index (χ1v) is 6.82. The third kappa shape index (κ3) is 2.60. The van der Waals surface area contributed by atoms with Gasteiger partial charge in [0, 0.05) is 17.3 Å². The maximum atomic E-state index is 6.00. The lowest BCUT2D eigenvalue weighted by Gasteiger charge is -2.43. The number of thiocarbonyl (C=S) groups is 1. The van der Waals surface area contributed by atoms with Crippen LogP contribution in [-0.2, 0) is 0 Å². The van der Waals surface area contributed by atoms with Crippen molar-refractivity contribution in [2.45, 2.75) is 13.8 Å². The van der Waals surface area contributed by atoms with Gasteiger partial charge in [-0.1, -0.05) is 11.6 Å². The lowest BCUT2D eigenvalue weighted by atomic mass is 10.2. The Hall–Kier alpha value is -0.840. The van der Waals surface area contributed by atoms with Crippen LogP contribution >= 0.6 is 23.8 Å². The number of anilines is 1. The highest BCUT2D eigenvalue weighted by atomic mass is 35.5. The normalized spacial score (nSPS) is 17.4. The second-order valence-corrected chi connectivity index (χ2v) is 5.44. The van der Waals surface area contributed by atoms with E-state index in [2.05, 4.69) is 35.6 Å². The van der Waals surface area contributed by atoms with Gasteiger partial charge in [-0.2, -0.15) is 0 Å². The molecule has 1 heterocycles. The van der Waals surface area contributed by atoms with Crippen LogP contribution in [0.15, 0.2) is 18.2 Å². The summed E-state index contributed by atoms with van der Waals surface area (Å²) < 4.78 is 0. The Labute approximate surface area is 119 Å². The van der Waals surface area contributed by atoms with E-state index in [1.165, 1.54) is 0 Å². The Morgan fingerprint density at radius 3 is 2.67 bits per heavy atom. The molecule has 2 rings (SSSR count). The fourth-order valence-corrected chi connectivity index (χ4v) is 2.78. The zero-order chi connectivity index (χ0) is 13.3. The minimum atomic E-state index is 0.764. The summed E-state index contributed by atoms with van der Waals surface area (Å²) in [5.74, 6) is 0. The summed E-state index contributed by atoms with van der Waals surface area (Å²) in [4.78, 5) is 6.59. The molecule has 0 spiro atoms. The summed E-state index contributed by atoms with van der Waals surface area (Å²) in [7, 11) is 2.10. The second-order valence-electron chi connectivity index (χ2n) is 4.64. The van der Waals surface area contributed by atoms with Crippen LogP contribution in [0, 0.1) is 6.92 Å². The molecule has 0 atom stereocenters. The highest BCUT2D eigenvalue weighted by Gasteiger charge is 2.26. The molecule has 1 aliphatic rings. The molecule has 3 nitrogen and oxygen atoms in total. The highest BCUT2D eigenvalue weighted by molar-refractivity contribution is 7.80. The van der Waals surface area contributed by atoms with Gasteiger partial charge in [-0.25, -0.2) is 0 Å². The fraction of sp³-hybridized carbons (Fsp3) is 0.462. The topological polar surface area (TPSA) is 9.72 Å². The summed E-state index contributed by atoms with van der Waals surface area (Å²) in [5, 5.41) is 1.65. The molecule has 0 radical (unpaired) electrons. The largest absolute Gasteiger partial charge is 0.336 e. The van der Waals surface area contributed by atoms with E-state index in [9.17, 15) is 0 Å². The Morgan fingerprint density at radius 2 is 2.06 bits per heavy atom. The van der Waals surface area contributed by atoms with E-state index in [4.69, 9.17) is 23.8 Å². The molecule has 98 valence electrons. The lowest BCUT2D eigenvalue weighted by Crippen LogP contribution is -2.57. The van der Waals surface area contributed by atoms with Gasteiger partial charge in [-0.3, -0.25) is 4.90 Å². The van der Waals surface area contributed by atoms with Crippen LogP contribution in [0.5, 0.6) is 0 Å². The van der Waals surface area contributed by atoms with E-state index in [0.717, 1.165) is 41.3 Å². The molecule has 0 N–H and O–H groups in total. The number of nitrogens with zero attached hydrogens (tertiary/aromatic N) is 3. The molecule has 1 aliphatic heterocycles. The molecule has 0 saturated carbocycles. The first-order valence-electron chi connectivity index (χ1n) is 6.04. The van der Waals surface area contributed by atoms with Gasteiger partial charge in [0.1, 0.15) is 0 Å². The zero-order valence-electron chi connectivity index (χ0n) is 11.0. The van der Waals surface area contributed by atoms with Crippen molar-refractivity contribution in [3.8, 4) is 0 Å². The predicted octanol–water partition coefficient (Wildman–Crippen LogP) is 2.92. The average molecular weight is 284 g/mol. The molecule has 1 fully saturated rings. The summed E-state index contributed by atoms with van der Waals surface area (Å²) in [6.45, 7) is 6.82. The van der Waals surface area contributed by atoms with E-state index >= 15 is 0 Å². The van der Waals surface area contributed by atoms with Crippen molar-refractivity contribution in [1.29, 1.82) is 0 Å². The third-order valence-corrected chi connectivity index (χ3v) is 3.84. The zero-order valence-corrected chi connectivity index (χ0v) is 12.6. The SMILES string of the molecule is CCN1CN(C)CN(c2ccc(Cl)cc2C)C1=S. The van der Waals surface area contributed by atoms with Crippen molar-refractivity contribution in [3.63, 3.8) is 0 Å². The predicted molar refractivity (Wildman–Crippen MR) is 81.1 cm³/mol. The van der Waals surface area contributed by atoms with Gasteiger partial charge in [-0.05, 0) is 56.9 Å². The van der Waals surface area contributed by atoms with Crippen LogP contribution in [0.4, 0.5) is 5.69 Å². The van der Waals surface area contributed by atoms with Gasteiger partial charge in [0.15, 0.2) is 5.11 Å². The van der Waals surface area contributed by atoms with E-state index in [-0.39, 0.29) is 0 Å². The lowest BCUT2D eigenvalue weighted by molar-refractivity contribution is 0.206. The Balaban J connectivity index is 2.33. The molecule has 0 unspecified atom stereocenters. The number of hydrogen-bond donors (Lipinski definition) is 0. The van der Waals surface area contributed by atoms with Gasteiger partial charge in [0.25, 0.3) is 0 Å². The van der Waals surface area contributed by atoms with E-state index in [0.29, 0.717) is 0 Å². The van der Waals surface area contributed by atoms with Crippen molar-refractivity contribution >= 4 is 34.6 Å². The van der Waals surface area contributed by atoms with Gasteiger partial charge in [-0.15, -0.1) is 0 Å². The Bertz CT molecular complexity index is 464. The number of halogens is 1. The summed E-state index contributed by atoms with van der Waals surface area (Å²) >= 11 is 11.6. The quantitative estimate of drug-likeness (QED) is 0.772. The van der Waals surface area contributed by atoms with Crippen LogP contribution in [-0.4, -0.2) is 41.8 Å². The molecule has 1 saturated heterocycles. The molecule has 0 amide bonds. The highest BCUT2D eigenvalue weighted by Crippen LogP contribution is 2.26. The minimum absolute atomic E-state index is 0.764. The molecule has 5 heteroatoms. The molecule has 1 aromatic carbocycles. The van der Waals surface area contributed by atoms with Crippen LogP contribution < -0.4 is 4.90 Å². The number of aryl methyl sites for hydroxylation is 1. The van der Waals surface area contributed by atoms with Crippen molar-refractivity contribution in [2.24, 2.45) is 0 Å². The minimum Gasteiger partial charge on any atom is -0.336 e. The molecule has 1 aromatic rings. The van der Waals surface area contributed by atoms with E-state index < -0.39 is 0 Å². The van der Waals surface area contributed by atoms with Crippen molar-refractivity contribution < 1.29 is 0 Å². The van der Waals surface area contributed by atoms with Gasteiger partial charge >= 0.3 is 0 Å². The van der Waals surface area contributed by atoms with E-state index in [1.807, 2.05) is 18.2 Å². The monoisotopic (exact) mass is 283 g/mol. The van der Waals surface area contributed by atoms with Crippen molar-refractivity contribution in [2.75, 3.05) is 31.8 Å². The summed E-state index contributed by atoms with van der Waals surface area (Å²) in [6, 6.07) is 5.93. The first kappa shape index (κ1) is 13.6. The van der Waals surface area contributed by atoms with Gasteiger partial charge in [0.05, 0.1) is 13.3 Å². The number of hydrogen-bond acceptors (Lipinski definition) is 2. The maximum Gasteiger partial charge on any atom is 0.178 e. The maximum absolute atomic E-state index is 6.00. The smallest absolute Gasteiger partial charge is 0.178 e. The second kappa shape index (κ2) is 5.43. The van der Waals surface area contributed by atoms with Crippen molar-refractivity contribution in [1.82, 2.24) is 9.80 Å². The van der Waals surface area contributed by atoms with Crippen LogP contribution in [0.2, 0.25) is 5.02 Å². The molecular weight excluding hydrogens is 266 g/mol. The third-order valence-electron chi connectivity index (χ3n) is 3.13. The molecule has 0 aliphatic carbocycles. The molecule has 18 heavy (non-hydrogen) atoms. The summed E-state index contributed by atoms with van der Waals surface area (Å²) in [5.41, 5.74) is 2.28. The molecular formula is C13H18ClN3S.